The van der Waals surface area contributed by atoms with Crippen molar-refractivity contribution in [2.75, 3.05) is 6.61 Å². The fourth-order valence-electron chi connectivity index (χ4n) is 2.04. The van der Waals surface area contributed by atoms with Gasteiger partial charge in [-0.2, -0.15) is 0 Å². The van der Waals surface area contributed by atoms with Crippen LogP contribution < -0.4 is 20.3 Å². The summed E-state index contributed by atoms with van der Waals surface area (Å²) in [6.07, 6.45) is -0.00583. The van der Waals surface area contributed by atoms with Crippen LogP contribution in [0.3, 0.4) is 0 Å². The van der Waals surface area contributed by atoms with E-state index in [0.29, 0.717) is 11.5 Å². The molecule has 2 amide bonds. The minimum absolute atomic E-state index is 0.235. The van der Waals surface area contributed by atoms with Gasteiger partial charge in [0.2, 0.25) is 0 Å². The van der Waals surface area contributed by atoms with E-state index in [1.54, 1.807) is 6.07 Å². The molecule has 0 aliphatic heterocycles. The highest BCUT2D eigenvalue weighted by atomic mass is 19.1. The number of amides is 2. The quantitative estimate of drug-likeness (QED) is 0.744. The Bertz CT molecular complexity index is 749. The van der Waals surface area contributed by atoms with Gasteiger partial charge in [-0.05, 0) is 55.3 Å². The molecule has 2 N–H and O–H groups in total. The predicted octanol–water partition coefficient (Wildman–Crippen LogP) is 2.38. The lowest BCUT2D eigenvalue weighted by molar-refractivity contribution is -0.133. The third-order valence-electron chi connectivity index (χ3n) is 3.50. The number of nitrogens with one attached hydrogen (secondary N) is 2. The van der Waals surface area contributed by atoms with Gasteiger partial charge in [-0.15, -0.1) is 0 Å². The molecule has 0 saturated carbocycles. The average Bonchev–Trinajstić information content (AvgIpc) is 2.66. The van der Waals surface area contributed by atoms with Crippen LogP contribution in [0.4, 0.5) is 4.39 Å². The fourth-order valence-corrected chi connectivity index (χ4v) is 2.04. The SMILES string of the molecule is CCc1cccc(OCC(=O)NNC(=O)[C@@H](C)Oc2ccc(F)cc2)c1. The van der Waals surface area contributed by atoms with E-state index in [-0.39, 0.29) is 6.61 Å². The number of hydrogen-bond donors (Lipinski definition) is 2. The summed E-state index contributed by atoms with van der Waals surface area (Å²) in [5.74, 6) is -0.519. The number of hydrazine groups is 1. The molecule has 0 unspecified atom stereocenters. The van der Waals surface area contributed by atoms with E-state index < -0.39 is 23.7 Å². The second kappa shape index (κ2) is 9.41. The second-order valence-corrected chi connectivity index (χ2v) is 5.54. The summed E-state index contributed by atoms with van der Waals surface area (Å²) in [5.41, 5.74) is 5.61. The Morgan fingerprint density at radius 2 is 1.81 bits per heavy atom. The summed E-state index contributed by atoms with van der Waals surface area (Å²) in [6.45, 7) is 3.30. The summed E-state index contributed by atoms with van der Waals surface area (Å²) >= 11 is 0. The van der Waals surface area contributed by atoms with E-state index in [0.717, 1.165) is 12.0 Å². The Labute approximate surface area is 151 Å². The Morgan fingerprint density at radius 3 is 2.50 bits per heavy atom. The zero-order chi connectivity index (χ0) is 18.9. The van der Waals surface area contributed by atoms with Crippen molar-refractivity contribution in [3.8, 4) is 11.5 Å². The molecular weight excluding hydrogens is 339 g/mol. The Hall–Kier alpha value is -3.09. The number of carbonyl (C=O) groups excluding carboxylic acids is 2. The van der Waals surface area contributed by atoms with Crippen LogP contribution in [0, 0.1) is 5.82 Å². The molecule has 138 valence electrons. The van der Waals surface area contributed by atoms with Crippen LogP contribution in [0.15, 0.2) is 48.5 Å². The van der Waals surface area contributed by atoms with Crippen molar-refractivity contribution in [3.05, 3.63) is 59.9 Å². The number of benzene rings is 2. The number of rotatable bonds is 7. The van der Waals surface area contributed by atoms with Gasteiger partial charge in [0.15, 0.2) is 12.7 Å². The molecule has 0 saturated heterocycles. The lowest BCUT2D eigenvalue weighted by atomic mass is 10.2. The Kier molecular flexibility index (Phi) is 6.96. The normalized spacial score (nSPS) is 11.3. The molecule has 0 fully saturated rings. The molecule has 0 radical (unpaired) electrons. The summed E-state index contributed by atoms with van der Waals surface area (Å²) < 4.78 is 23.6. The second-order valence-electron chi connectivity index (χ2n) is 5.54. The van der Waals surface area contributed by atoms with Gasteiger partial charge in [0.1, 0.15) is 17.3 Å². The van der Waals surface area contributed by atoms with Gasteiger partial charge in [-0.1, -0.05) is 19.1 Å². The summed E-state index contributed by atoms with van der Waals surface area (Å²) in [5, 5.41) is 0. The van der Waals surface area contributed by atoms with Crippen LogP contribution in [-0.2, 0) is 16.0 Å². The van der Waals surface area contributed by atoms with Gasteiger partial charge in [0.05, 0.1) is 0 Å². The van der Waals surface area contributed by atoms with E-state index in [9.17, 15) is 14.0 Å². The molecule has 2 aromatic carbocycles. The zero-order valence-electron chi connectivity index (χ0n) is 14.6. The first-order valence-electron chi connectivity index (χ1n) is 8.20. The topological polar surface area (TPSA) is 76.7 Å². The van der Waals surface area contributed by atoms with Crippen molar-refractivity contribution >= 4 is 11.8 Å². The molecule has 0 aliphatic rings. The highest BCUT2D eigenvalue weighted by Gasteiger charge is 2.15. The van der Waals surface area contributed by atoms with Gasteiger partial charge < -0.3 is 9.47 Å². The number of hydrogen-bond acceptors (Lipinski definition) is 4. The highest BCUT2D eigenvalue weighted by Crippen LogP contribution is 2.14. The summed E-state index contributed by atoms with van der Waals surface area (Å²) in [7, 11) is 0. The molecule has 2 rings (SSSR count). The smallest absolute Gasteiger partial charge is 0.279 e. The van der Waals surface area contributed by atoms with E-state index in [1.807, 2.05) is 25.1 Å². The van der Waals surface area contributed by atoms with Crippen LogP contribution in [0.25, 0.3) is 0 Å². The molecule has 0 spiro atoms. The maximum Gasteiger partial charge on any atom is 0.279 e. The van der Waals surface area contributed by atoms with E-state index in [2.05, 4.69) is 10.9 Å². The Balaban J connectivity index is 1.73. The lowest BCUT2D eigenvalue weighted by Crippen LogP contribution is -2.48. The fraction of sp³-hybridized carbons (Fsp3) is 0.263. The lowest BCUT2D eigenvalue weighted by Gasteiger charge is -2.15. The highest BCUT2D eigenvalue weighted by molar-refractivity contribution is 5.85. The molecule has 26 heavy (non-hydrogen) atoms. The van der Waals surface area contributed by atoms with E-state index in [1.165, 1.54) is 31.2 Å². The third-order valence-corrected chi connectivity index (χ3v) is 3.50. The minimum atomic E-state index is -0.872. The standard InChI is InChI=1S/C19H21FN2O4/c1-3-14-5-4-6-17(11-14)25-12-18(23)21-22-19(24)13(2)26-16-9-7-15(20)8-10-16/h4-11,13H,3,12H2,1-2H3,(H,21,23)(H,22,24)/t13-/m1/s1. The van der Waals surface area contributed by atoms with Crippen LogP contribution in [0.2, 0.25) is 0 Å². The molecule has 2 aromatic rings. The van der Waals surface area contributed by atoms with Crippen LogP contribution >= 0.6 is 0 Å². The van der Waals surface area contributed by atoms with Crippen molar-refractivity contribution in [2.45, 2.75) is 26.4 Å². The van der Waals surface area contributed by atoms with Crippen molar-refractivity contribution in [3.63, 3.8) is 0 Å². The van der Waals surface area contributed by atoms with Crippen molar-refractivity contribution < 1.29 is 23.5 Å². The first-order valence-corrected chi connectivity index (χ1v) is 8.20. The van der Waals surface area contributed by atoms with Crippen LogP contribution in [-0.4, -0.2) is 24.5 Å². The third kappa shape index (κ3) is 6.08. The van der Waals surface area contributed by atoms with Gasteiger partial charge in [0, 0.05) is 0 Å². The largest absolute Gasteiger partial charge is 0.484 e. The molecule has 1 atom stereocenters. The monoisotopic (exact) mass is 360 g/mol. The van der Waals surface area contributed by atoms with Gasteiger partial charge in [-0.3, -0.25) is 20.4 Å². The van der Waals surface area contributed by atoms with E-state index >= 15 is 0 Å². The average molecular weight is 360 g/mol. The van der Waals surface area contributed by atoms with Gasteiger partial charge in [-0.25, -0.2) is 4.39 Å². The zero-order valence-corrected chi connectivity index (χ0v) is 14.6. The summed E-state index contributed by atoms with van der Waals surface area (Å²) in [6, 6.07) is 12.7. The van der Waals surface area contributed by atoms with Crippen LogP contribution in [0.5, 0.6) is 11.5 Å². The van der Waals surface area contributed by atoms with Gasteiger partial charge >= 0.3 is 0 Å². The molecule has 0 aromatic heterocycles. The number of ether oxygens (including phenoxy) is 2. The maximum absolute atomic E-state index is 12.8. The minimum Gasteiger partial charge on any atom is -0.484 e. The maximum atomic E-state index is 12.8. The van der Waals surface area contributed by atoms with Gasteiger partial charge in [0.25, 0.3) is 11.8 Å². The van der Waals surface area contributed by atoms with E-state index in [4.69, 9.17) is 9.47 Å². The summed E-state index contributed by atoms with van der Waals surface area (Å²) in [4.78, 5) is 23.7. The molecule has 0 bridgehead atoms. The molecule has 0 heterocycles. The van der Waals surface area contributed by atoms with Crippen molar-refractivity contribution in [2.24, 2.45) is 0 Å². The number of carbonyl (C=O) groups is 2. The molecule has 7 heteroatoms. The first-order chi connectivity index (χ1) is 12.5. The van der Waals surface area contributed by atoms with Crippen molar-refractivity contribution in [1.82, 2.24) is 10.9 Å². The van der Waals surface area contributed by atoms with Crippen LogP contribution in [0.1, 0.15) is 19.4 Å². The van der Waals surface area contributed by atoms with Crippen molar-refractivity contribution in [1.29, 1.82) is 0 Å². The molecule has 6 nitrogen and oxygen atoms in total. The number of halogens is 1. The molecular formula is C19H21FN2O4. The molecule has 0 aliphatic carbocycles. The number of aryl methyl sites for hydroxylation is 1. The first kappa shape index (κ1) is 19.2. The predicted molar refractivity (Wildman–Crippen MR) is 94.1 cm³/mol. The Morgan fingerprint density at radius 1 is 1.08 bits per heavy atom.